The second-order valence-corrected chi connectivity index (χ2v) is 7.72. The molecular formula is C23H38IN5O2. The van der Waals surface area contributed by atoms with Gasteiger partial charge in [-0.15, -0.1) is 24.0 Å². The van der Waals surface area contributed by atoms with Gasteiger partial charge in [0.1, 0.15) is 0 Å². The molecule has 1 saturated heterocycles. The number of amides is 2. The molecule has 0 radical (unpaired) electrons. The molecule has 0 aromatic heterocycles. The maximum Gasteiger partial charge on any atom is 0.224 e. The molecule has 0 atom stereocenters. The molecule has 2 amide bonds. The van der Waals surface area contributed by atoms with Gasteiger partial charge in [-0.3, -0.25) is 14.6 Å². The third-order valence-electron chi connectivity index (χ3n) is 5.19. The van der Waals surface area contributed by atoms with Gasteiger partial charge >= 0.3 is 0 Å². The second kappa shape index (κ2) is 15.9. The Balaban J connectivity index is 0.00000480. The van der Waals surface area contributed by atoms with E-state index in [1.54, 1.807) is 4.90 Å². The lowest BCUT2D eigenvalue weighted by Crippen LogP contribution is -2.39. The molecule has 8 heteroatoms. The van der Waals surface area contributed by atoms with Crippen LogP contribution in [0.15, 0.2) is 35.3 Å². The summed E-state index contributed by atoms with van der Waals surface area (Å²) in [4.78, 5) is 32.7. The van der Waals surface area contributed by atoms with E-state index in [9.17, 15) is 9.59 Å². The predicted octanol–water partition coefficient (Wildman–Crippen LogP) is 3.00. The van der Waals surface area contributed by atoms with E-state index in [-0.39, 0.29) is 35.8 Å². The number of hydrogen-bond donors (Lipinski definition) is 2. The minimum atomic E-state index is 0. The van der Waals surface area contributed by atoms with Crippen LogP contribution in [0.2, 0.25) is 0 Å². The van der Waals surface area contributed by atoms with Gasteiger partial charge < -0.3 is 20.4 Å². The summed E-state index contributed by atoms with van der Waals surface area (Å²) in [6.07, 6.45) is 5.21. The number of carbonyl (C=O) groups is 2. The molecule has 174 valence electrons. The Morgan fingerprint density at radius 1 is 1.16 bits per heavy atom. The summed E-state index contributed by atoms with van der Waals surface area (Å²) in [7, 11) is 1.83. The Kier molecular flexibility index (Phi) is 13.9. The zero-order valence-electron chi connectivity index (χ0n) is 18.9. The molecular weight excluding hydrogens is 505 g/mol. The lowest BCUT2D eigenvalue weighted by Gasteiger charge is -2.20. The topological polar surface area (TPSA) is 77.0 Å². The van der Waals surface area contributed by atoms with Gasteiger partial charge in [0, 0.05) is 59.2 Å². The number of hydrogen-bond acceptors (Lipinski definition) is 3. The first-order chi connectivity index (χ1) is 14.6. The van der Waals surface area contributed by atoms with E-state index in [0.29, 0.717) is 32.5 Å². The Morgan fingerprint density at radius 2 is 1.94 bits per heavy atom. The van der Waals surface area contributed by atoms with Crippen molar-refractivity contribution in [2.45, 2.75) is 52.0 Å². The fourth-order valence-electron chi connectivity index (χ4n) is 3.49. The molecule has 2 N–H and O–H groups in total. The summed E-state index contributed by atoms with van der Waals surface area (Å²) in [5, 5.41) is 6.45. The number of aliphatic imine (C=N–C) groups is 1. The van der Waals surface area contributed by atoms with Gasteiger partial charge in [-0.1, -0.05) is 36.8 Å². The van der Waals surface area contributed by atoms with Crippen molar-refractivity contribution >= 4 is 41.8 Å². The highest BCUT2D eigenvalue weighted by Crippen LogP contribution is 2.11. The first-order valence-corrected chi connectivity index (χ1v) is 11.2. The summed E-state index contributed by atoms with van der Waals surface area (Å²) in [5.74, 6) is 1.10. The zero-order valence-corrected chi connectivity index (χ0v) is 21.3. The molecule has 1 fully saturated rings. The number of nitrogens with one attached hydrogen (secondary N) is 2. The monoisotopic (exact) mass is 543 g/mol. The first-order valence-electron chi connectivity index (χ1n) is 11.2. The van der Waals surface area contributed by atoms with Crippen molar-refractivity contribution in [3.8, 4) is 0 Å². The van der Waals surface area contributed by atoms with E-state index in [2.05, 4.69) is 15.6 Å². The molecule has 1 aliphatic heterocycles. The standard InChI is InChI=1S/C23H37N5O2.HI/c1-3-24-23(25-15-10-18-28-17-9-5-8-13-22(28)30)26-16-14-21(29)27(2)19-20-11-6-4-7-12-20;/h4,6-7,11-12H,3,5,8-10,13-19H2,1-2H3,(H2,24,25,26);1H. The van der Waals surface area contributed by atoms with Crippen molar-refractivity contribution in [3.63, 3.8) is 0 Å². The third-order valence-corrected chi connectivity index (χ3v) is 5.19. The Labute approximate surface area is 204 Å². The van der Waals surface area contributed by atoms with Gasteiger partial charge in [-0.2, -0.15) is 0 Å². The van der Waals surface area contributed by atoms with Crippen molar-refractivity contribution < 1.29 is 9.59 Å². The highest BCUT2D eigenvalue weighted by Gasteiger charge is 2.15. The quantitative estimate of drug-likeness (QED) is 0.206. The number of carbonyl (C=O) groups excluding carboxylic acids is 2. The van der Waals surface area contributed by atoms with Gasteiger partial charge in [0.2, 0.25) is 11.8 Å². The molecule has 0 aliphatic carbocycles. The number of nitrogens with zero attached hydrogens (tertiary/aromatic N) is 3. The first kappa shape index (κ1) is 27.2. The predicted molar refractivity (Wildman–Crippen MR) is 137 cm³/mol. The SMILES string of the molecule is CCNC(=NCCCN1CCCCCC1=O)NCCC(=O)N(C)Cc1ccccc1.I. The van der Waals surface area contributed by atoms with Gasteiger partial charge in [-0.05, 0) is 31.7 Å². The molecule has 31 heavy (non-hydrogen) atoms. The smallest absolute Gasteiger partial charge is 0.224 e. The van der Waals surface area contributed by atoms with Crippen molar-refractivity contribution in [1.82, 2.24) is 20.4 Å². The summed E-state index contributed by atoms with van der Waals surface area (Å²) in [5.41, 5.74) is 1.12. The molecule has 0 saturated carbocycles. The highest BCUT2D eigenvalue weighted by molar-refractivity contribution is 14.0. The molecule has 2 rings (SSSR count). The van der Waals surface area contributed by atoms with Gasteiger partial charge in [-0.25, -0.2) is 0 Å². The van der Waals surface area contributed by atoms with Crippen LogP contribution < -0.4 is 10.6 Å². The third kappa shape index (κ3) is 10.8. The van der Waals surface area contributed by atoms with Crippen molar-refractivity contribution in [3.05, 3.63) is 35.9 Å². The van der Waals surface area contributed by atoms with Crippen LogP contribution in [0.5, 0.6) is 0 Å². The van der Waals surface area contributed by atoms with E-state index in [4.69, 9.17) is 0 Å². The minimum Gasteiger partial charge on any atom is -0.357 e. The molecule has 1 aliphatic rings. The number of rotatable bonds is 10. The Bertz CT molecular complexity index is 684. The van der Waals surface area contributed by atoms with Crippen LogP contribution in [-0.2, 0) is 16.1 Å². The number of likely N-dealkylation sites (tertiary alicyclic amines) is 1. The Morgan fingerprint density at radius 3 is 2.68 bits per heavy atom. The number of halogens is 1. The second-order valence-electron chi connectivity index (χ2n) is 7.72. The summed E-state index contributed by atoms with van der Waals surface area (Å²) >= 11 is 0. The number of guanidine groups is 1. The van der Waals surface area contributed by atoms with Crippen LogP contribution in [0.25, 0.3) is 0 Å². The van der Waals surface area contributed by atoms with Gasteiger partial charge in [0.25, 0.3) is 0 Å². The van der Waals surface area contributed by atoms with Crippen LogP contribution in [0.1, 0.15) is 51.0 Å². The average Bonchev–Trinajstić information content (AvgIpc) is 2.95. The van der Waals surface area contributed by atoms with E-state index < -0.39 is 0 Å². The zero-order chi connectivity index (χ0) is 21.6. The summed E-state index contributed by atoms with van der Waals surface area (Å²) in [6.45, 7) is 6.23. The maximum atomic E-state index is 12.4. The summed E-state index contributed by atoms with van der Waals surface area (Å²) < 4.78 is 0. The van der Waals surface area contributed by atoms with Crippen molar-refractivity contribution in [2.75, 3.05) is 39.8 Å². The van der Waals surface area contributed by atoms with E-state index in [1.807, 2.05) is 49.2 Å². The van der Waals surface area contributed by atoms with Gasteiger partial charge in [0.15, 0.2) is 5.96 Å². The van der Waals surface area contributed by atoms with Crippen LogP contribution >= 0.6 is 24.0 Å². The lowest BCUT2D eigenvalue weighted by atomic mass is 10.2. The van der Waals surface area contributed by atoms with Crippen LogP contribution in [0, 0.1) is 0 Å². The lowest BCUT2D eigenvalue weighted by molar-refractivity contribution is -0.131. The molecule has 1 aromatic rings. The molecule has 1 aromatic carbocycles. The highest BCUT2D eigenvalue weighted by atomic mass is 127. The van der Waals surface area contributed by atoms with Gasteiger partial charge in [0.05, 0.1) is 0 Å². The Hall–Kier alpha value is -1.84. The van der Waals surface area contributed by atoms with E-state index in [0.717, 1.165) is 56.8 Å². The van der Waals surface area contributed by atoms with Crippen molar-refractivity contribution in [2.24, 2.45) is 4.99 Å². The molecule has 0 bridgehead atoms. The van der Waals surface area contributed by atoms with E-state index >= 15 is 0 Å². The normalized spacial score (nSPS) is 14.5. The van der Waals surface area contributed by atoms with Crippen molar-refractivity contribution in [1.29, 1.82) is 0 Å². The molecule has 0 spiro atoms. The maximum absolute atomic E-state index is 12.4. The van der Waals surface area contributed by atoms with Crippen LogP contribution in [-0.4, -0.2) is 67.3 Å². The minimum absolute atomic E-state index is 0. The number of benzene rings is 1. The molecule has 0 unspecified atom stereocenters. The fourth-order valence-corrected chi connectivity index (χ4v) is 3.49. The van der Waals surface area contributed by atoms with Crippen LogP contribution in [0.3, 0.4) is 0 Å². The average molecular weight is 543 g/mol. The van der Waals surface area contributed by atoms with Crippen LogP contribution in [0.4, 0.5) is 0 Å². The molecule has 1 heterocycles. The van der Waals surface area contributed by atoms with E-state index in [1.165, 1.54) is 0 Å². The molecule has 7 nitrogen and oxygen atoms in total. The fraction of sp³-hybridized carbons (Fsp3) is 0.609. The summed E-state index contributed by atoms with van der Waals surface area (Å²) in [6, 6.07) is 9.99. The largest absolute Gasteiger partial charge is 0.357 e.